The number of hydrogen-bond donors (Lipinski definition) is 0. The Labute approximate surface area is 159 Å². The Morgan fingerprint density at radius 1 is 0.926 bits per heavy atom. The second-order valence-electron chi connectivity index (χ2n) is 6.83. The molecule has 0 saturated heterocycles. The summed E-state index contributed by atoms with van der Waals surface area (Å²) in [4.78, 5) is 17.1. The van der Waals surface area contributed by atoms with Crippen LogP contribution in [0.2, 0.25) is 0 Å². The van der Waals surface area contributed by atoms with E-state index >= 15 is 0 Å². The molecule has 0 saturated carbocycles. The van der Waals surface area contributed by atoms with E-state index in [0.717, 1.165) is 17.5 Å². The molecule has 0 aromatic heterocycles. The molecule has 1 aliphatic rings. The van der Waals surface area contributed by atoms with Crippen molar-refractivity contribution in [1.29, 1.82) is 0 Å². The Kier molecular flexibility index (Phi) is 4.84. The summed E-state index contributed by atoms with van der Waals surface area (Å²) in [5, 5.41) is 4.05. The summed E-state index contributed by atoms with van der Waals surface area (Å²) in [5.74, 6) is -0.313. The zero-order valence-electron chi connectivity index (χ0n) is 15.3. The van der Waals surface area contributed by atoms with Gasteiger partial charge in [-0.1, -0.05) is 71.9 Å². The summed E-state index contributed by atoms with van der Waals surface area (Å²) < 4.78 is 0. The Balaban J connectivity index is 1.40. The summed E-state index contributed by atoms with van der Waals surface area (Å²) in [6.45, 7) is 1.87. The van der Waals surface area contributed by atoms with Crippen molar-refractivity contribution in [2.45, 2.75) is 26.2 Å². The molecule has 3 nitrogen and oxygen atoms in total. The van der Waals surface area contributed by atoms with E-state index in [2.05, 4.69) is 41.6 Å². The maximum absolute atomic E-state index is 12.0. The van der Waals surface area contributed by atoms with Crippen molar-refractivity contribution >= 4 is 11.7 Å². The molecule has 0 aliphatic heterocycles. The smallest absolute Gasteiger partial charge is 0.318 e. The molecule has 0 atom stereocenters. The summed E-state index contributed by atoms with van der Waals surface area (Å²) in [7, 11) is 0. The first-order valence-corrected chi connectivity index (χ1v) is 9.20. The fourth-order valence-corrected chi connectivity index (χ4v) is 3.48. The molecule has 134 valence electrons. The summed E-state index contributed by atoms with van der Waals surface area (Å²) in [6, 6.07) is 24.7. The van der Waals surface area contributed by atoms with Crippen molar-refractivity contribution < 1.29 is 9.63 Å². The minimum absolute atomic E-state index is 0.313. The molecule has 0 N–H and O–H groups in total. The highest BCUT2D eigenvalue weighted by atomic mass is 16.7. The number of carbonyl (C=O) groups is 1. The van der Waals surface area contributed by atoms with Crippen LogP contribution in [0, 0.1) is 0 Å². The predicted octanol–water partition coefficient (Wildman–Crippen LogP) is 5.16. The molecule has 0 spiro atoms. The van der Waals surface area contributed by atoms with Gasteiger partial charge in [0.1, 0.15) is 0 Å². The maximum Gasteiger partial charge on any atom is 0.335 e. The lowest BCUT2D eigenvalue weighted by Crippen LogP contribution is -2.05. The van der Waals surface area contributed by atoms with Crippen molar-refractivity contribution in [3.05, 3.63) is 95.1 Å². The van der Waals surface area contributed by atoms with Crippen LogP contribution in [0.25, 0.3) is 11.1 Å². The van der Waals surface area contributed by atoms with Crippen LogP contribution in [0.15, 0.2) is 78.0 Å². The molecule has 27 heavy (non-hydrogen) atoms. The molecule has 0 radical (unpaired) electrons. The SMILES string of the molecule is CC(=NOC(=O)CCc1ccccc1)c1ccc2c(c1)Cc1ccccc1-2. The summed E-state index contributed by atoms with van der Waals surface area (Å²) in [6.07, 6.45) is 1.91. The maximum atomic E-state index is 12.0. The van der Waals surface area contributed by atoms with Crippen LogP contribution in [0.3, 0.4) is 0 Å². The largest absolute Gasteiger partial charge is 0.335 e. The number of fused-ring (bicyclic) bond motifs is 3. The average molecular weight is 355 g/mol. The van der Waals surface area contributed by atoms with E-state index in [4.69, 9.17) is 4.84 Å². The Morgan fingerprint density at radius 3 is 2.52 bits per heavy atom. The van der Waals surface area contributed by atoms with E-state index < -0.39 is 0 Å². The lowest BCUT2D eigenvalue weighted by Gasteiger charge is -2.05. The number of oxime groups is 1. The zero-order chi connectivity index (χ0) is 18.6. The molecule has 0 unspecified atom stereocenters. The summed E-state index contributed by atoms with van der Waals surface area (Å²) >= 11 is 0. The van der Waals surface area contributed by atoms with Crippen LogP contribution in [0.5, 0.6) is 0 Å². The molecule has 3 aromatic carbocycles. The monoisotopic (exact) mass is 355 g/mol. The third kappa shape index (κ3) is 3.82. The molecule has 3 aromatic rings. The fraction of sp³-hybridized carbons (Fsp3) is 0.167. The minimum Gasteiger partial charge on any atom is -0.318 e. The Bertz CT molecular complexity index is 1010. The topological polar surface area (TPSA) is 38.7 Å². The van der Waals surface area contributed by atoms with Crippen LogP contribution < -0.4 is 0 Å². The number of benzene rings is 3. The van der Waals surface area contributed by atoms with Gasteiger partial charge in [0.25, 0.3) is 0 Å². The average Bonchev–Trinajstić information content (AvgIpc) is 3.09. The van der Waals surface area contributed by atoms with E-state index in [1.165, 1.54) is 22.3 Å². The van der Waals surface area contributed by atoms with E-state index in [1.54, 1.807) is 0 Å². The van der Waals surface area contributed by atoms with Gasteiger partial charge in [-0.15, -0.1) is 0 Å². The highest BCUT2D eigenvalue weighted by Gasteiger charge is 2.18. The van der Waals surface area contributed by atoms with Gasteiger partial charge in [0.05, 0.1) is 12.1 Å². The molecule has 4 rings (SSSR count). The number of aryl methyl sites for hydroxylation is 1. The number of carbonyl (C=O) groups excluding carboxylic acids is 1. The predicted molar refractivity (Wildman–Crippen MR) is 108 cm³/mol. The van der Waals surface area contributed by atoms with E-state index in [9.17, 15) is 4.79 Å². The molecular weight excluding hydrogens is 334 g/mol. The Morgan fingerprint density at radius 2 is 1.67 bits per heavy atom. The van der Waals surface area contributed by atoms with Gasteiger partial charge < -0.3 is 4.84 Å². The van der Waals surface area contributed by atoms with Gasteiger partial charge in [-0.2, -0.15) is 0 Å². The molecule has 3 heteroatoms. The second-order valence-corrected chi connectivity index (χ2v) is 6.83. The van der Waals surface area contributed by atoms with Gasteiger partial charge in [-0.25, -0.2) is 4.79 Å². The van der Waals surface area contributed by atoms with Crippen LogP contribution in [-0.4, -0.2) is 11.7 Å². The second kappa shape index (κ2) is 7.58. The van der Waals surface area contributed by atoms with Gasteiger partial charge in [-0.05, 0) is 59.2 Å². The third-order valence-electron chi connectivity index (χ3n) is 4.96. The molecule has 0 heterocycles. The molecule has 0 amide bonds. The normalized spacial score (nSPS) is 12.4. The van der Waals surface area contributed by atoms with Gasteiger partial charge in [0.2, 0.25) is 0 Å². The van der Waals surface area contributed by atoms with Gasteiger partial charge >= 0.3 is 5.97 Å². The minimum atomic E-state index is -0.313. The molecule has 1 aliphatic carbocycles. The van der Waals surface area contributed by atoms with Crippen molar-refractivity contribution in [2.24, 2.45) is 5.16 Å². The lowest BCUT2D eigenvalue weighted by molar-refractivity contribution is -0.143. The highest BCUT2D eigenvalue weighted by molar-refractivity contribution is 5.99. The van der Waals surface area contributed by atoms with Crippen molar-refractivity contribution in [2.75, 3.05) is 0 Å². The third-order valence-corrected chi connectivity index (χ3v) is 4.96. The highest BCUT2D eigenvalue weighted by Crippen LogP contribution is 2.36. The zero-order valence-corrected chi connectivity index (χ0v) is 15.3. The Hall–Kier alpha value is -3.20. The van der Waals surface area contributed by atoms with Crippen LogP contribution in [-0.2, 0) is 22.5 Å². The van der Waals surface area contributed by atoms with Crippen LogP contribution in [0.1, 0.15) is 35.6 Å². The standard InChI is InChI=1S/C24H21NO2/c1-17(25-27-24(26)14-11-18-7-3-2-4-8-18)19-12-13-23-21(15-19)16-20-9-5-6-10-22(20)23/h2-10,12-13,15H,11,14,16H2,1H3. The van der Waals surface area contributed by atoms with E-state index in [-0.39, 0.29) is 5.97 Å². The van der Waals surface area contributed by atoms with Crippen LogP contribution in [0.4, 0.5) is 0 Å². The number of nitrogens with zero attached hydrogens (tertiary/aromatic N) is 1. The fourth-order valence-electron chi connectivity index (χ4n) is 3.48. The first-order chi connectivity index (χ1) is 13.2. The van der Waals surface area contributed by atoms with Crippen molar-refractivity contribution in [1.82, 2.24) is 0 Å². The van der Waals surface area contributed by atoms with Gasteiger partial charge in [0.15, 0.2) is 0 Å². The first kappa shape index (κ1) is 17.2. The van der Waals surface area contributed by atoms with E-state index in [0.29, 0.717) is 18.6 Å². The number of rotatable bonds is 5. The molecule has 0 fully saturated rings. The van der Waals surface area contributed by atoms with E-state index in [1.807, 2.05) is 43.3 Å². The van der Waals surface area contributed by atoms with Crippen LogP contribution >= 0.6 is 0 Å². The van der Waals surface area contributed by atoms with Gasteiger partial charge in [0, 0.05) is 0 Å². The first-order valence-electron chi connectivity index (χ1n) is 9.20. The summed E-state index contributed by atoms with van der Waals surface area (Å²) in [5.41, 5.74) is 8.04. The molecular formula is C24H21NO2. The number of hydrogen-bond acceptors (Lipinski definition) is 3. The quantitative estimate of drug-likeness (QED) is 0.282. The van der Waals surface area contributed by atoms with Crippen molar-refractivity contribution in [3.8, 4) is 11.1 Å². The lowest BCUT2D eigenvalue weighted by atomic mass is 10.0. The van der Waals surface area contributed by atoms with Gasteiger partial charge in [-0.3, -0.25) is 0 Å². The van der Waals surface area contributed by atoms with Crippen molar-refractivity contribution in [3.63, 3.8) is 0 Å². The molecule has 0 bridgehead atoms.